The highest BCUT2D eigenvalue weighted by Gasteiger charge is 2.57. The molecule has 3 heterocycles. The van der Waals surface area contributed by atoms with Crippen LogP contribution in [-0.4, -0.2) is 96.4 Å². The number of hydrogen-bond donors (Lipinski definition) is 4. The molecular weight excluding hydrogens is 410 g/mol. The fourth-order valence-corrected chi connectivity index (χ4v) is 4.07. The summed E-state index contributed by atoms with van der Waals surface area (Å²) in [7, 11) is 0. The Morgan fingerprint density at radius 3 is 2.17 bits per heavy atom. The van der Waals surface area contributed by atoms with Gasteiger partial charge in [-0.1, -0.05) is 11.6 Å². The number of aliphatic hydroxyl groups is 3. The molecule has 0 bridgehead atoms. The van der Waals surface area contributed by atoms with Gasteiger partial charge in [0.15, 0.2) is 29.6 Å². The van der Waals surface area contributed by atoms with E-state index in [-0.39, 0.29) is 16.7 Å². The van der Waals surface area contributed by atoms with Gasteiger partial charge in [-0.15, -0.1) is 0 Å². The zero-order valence-corrected chi connectivity index (χ0v) is 16.6. The van der Waals surface area contributed by atoms with Gasteiger partial charge < -0.3 is 20.1 Å². The average Bonchev–Trinajstić information content (AvgIpc) is 3.11. The van der Waals surface area contributed by atoms with Crippen molar-refractivity contribution in [1.82, 2.24) is 14.7 Å². The summed E-state index contributed by atoms with van der Waals surface area (Å²) in [4.78, 5) is 44.5. The summed E-state index contributed by atoms with van der Waals surface area (Å²) in [6.45, 7) is 3.00. The van der Waals surface area contributed by atoms with Gasteiger partial charge in [-0.25, -0.2) is 4.99 Å². The largest absolute Gasteiger partial charge is 0.394 e. The molecule has 0 aromatic rings. The monoisotopic (exact) mass is 431 g/mol. The molecular formula is C16H22ClN5O7. The maximum absolute atomic E-state index is 12.5. The second-order valence-corrected chi connectivity index (χ2v) is 7.26. The number of amides is 2. The minimum absolute atomic E-state index is 0.0472. The van der Waals surface area contributed by atoms with E-state index >= 15 is 0 Å². The molecule has 5 N–H and O–H groups in total. The number of carbonyl (C=O) groups is 3. The second-order valence-electron chi connectivity index (χ2n) is 6.90. The zero-order chi connectivity index (χ0) is 21.8. The van der Waals surface area contributed by atoms with Gasteiger partial charge in [0.25, 0.3) is 0 Å². The van der Waals surface area contributed by atoms with E-state index in [9.17, 15) is 29.7 Å². The molecule has 0 aromatic heterocycles. The van der Waals surface area contributed by atoms with E-state index in [1.807, 2.05) is 0 Å². The summed E-state index contributed by atoms with van der Waals surface area (Å²) in [6.07, 6.45) is -8.18. The molecule has 0 aliphatic carbocycles. The van der Waals surface area contributed by atoms with Crippen molar-refractivity contribution >= 4 is 34.4 Å². The van der Waals surface area contributed by atoms with Gasteiger partial charge in [-0.3, -0.25) is 34.8 Å². The Balaban J connectivity index is 2.23. The SMILES string of the molecule is CC(=O)C1N(C(C)=O)C2=C(N(C(C)=O)C(N)N=C2Cl)N1[C@@H]1O[C@H](CO)[C@@H](O)[C@H]1O. The first-order chi connectivity index (χ1) is 13.5. The minimum atomic E-state index is -1.57. The highest BCUT2D eigenvalue weighted by atomic mass is 35.5. The fraction of sp³-hybridized carbons (Fsp3) is 0.625. The van der Waals surface area contributed by atoms with Crippen LogP contribution in [0, 0.1) is 0 Å². The number of Topliss-reactive ketones (excluding diaryl/α,β-unsaturated/α-hetero) is 1. The summed E-state index contributed by atoms with van der Waals surface area (Å²) >= 11 is 6.23. The summed E-state index contributed by atoms with van der Waals surface area (Å²) < 4.78 is 5.56. The van der Waals surface area contributed by atoms with Gasteiger partial charge in [0.2, 0.25) is 11.8 Å². The molecule has 12 nitrogen and oxygen atoms in total. The topological polar surface area (TPSA) is 169 Å². The zero-order valence-electron chi connectivity index (χ0n) is 15.9. The predicted molar refractivity (Wildman–Crippen MR) is 97.4 cm³/mol. The molecule has 2 amide bonds. The van der Waals surface area contributed by atoms with Crippen LogP contribution in [0.2, 0.25) is 0 Å². The first-order valence-corrected chi connectivity index (χ1v) is 9.15. The Bertz CT molecular complexity index is 817. The molecule has 0 spiro atoms. The number of ketones is 1. The van der Waals surface area contributed by atoms with Crippen molar-refractivity contribution < 1.29 is 34.4 Å². The van der Waals surface area contributed by atoms with Gasteiger partial charge >= 0.3 is 0 Å². The van der Waals surface area contributed by atoms with Gasteiger partial charge in [0.05, 0.1) is 6.61 Å². The lowest BCUT2D eigenvalue weighted by atomic mass is 10.1. The normalized spacial score (nSPS) is 34.5. The number of nitrogens with zero attached hydrogens (tertiary/aromatic N) is 4. The number of ether oxygens (including phenoxy) is 1. The van der Waals surface area contributed by atoms with Crippen molar-refractivity contribution in [3.63, 3.8) is 0 Å². The van der Waals surface area contributed by atoms with Gasteiger partial charge in [0.1, 0.15) is 29.8 Å². The number of halogens is 1. The smallest absolute Gasteiger partial charge is 0.227 e. The van der Waals surface area contributed by atoms with E-state index in [2.05, 4.69) is 4.99 Å². The van der Waals surface area contributed by atoms with E-state index in [1.54, 1.807) is 0 Å². The van der Waals surface area contributed by atoms with Crippen LogP contribution in [0.3, 0.4) is 0 Å². The fourth-order valence-electron chi connectivity index (χ4n) is 3.80. The predicted octanol–water partition coefficient (Wildman–Crippen LogP) is -2.58. The van der Waals surface area contributed by atoms with Gasteiger partial charge in [0, 0.05) is 13.8 Å². The Kier molecular flexibility index (Phi) is 5.69. The molecule has 29 heavy (non-hydrogen) atoms. The number of allylic oxidation sites excluding steroid dienone is 1. The van der Waals surface area contributed by atoms with Crippen LogP contribution >= 0.6 is 11.6 Å². The molecule has 13 heteroatoms. The van der Waals surface area contributed by atoms with E-state index in [4.69, 9.17) is 22.1 Å². The standard InChI is InChI=1S/C16H22ClN5O7/c1-5(24)13-20(6(2)25)9-12(17)19-16(18)21(7(3)26)14(9)22(13)15-11(28)10(27)8(4-23)29-15/h8,10-11,13,15-16,23,27-28H,4,18H2,1-3H3/t8-,10-,11-,13?,15-,16?/m1/s1. The summed E-state index contributed by atoms with van der Waals surface area (Å²) in [5, 5.41) is 29.9. The van der Waals surface area contributed by atoms with Crippen molar-refractivity contribution in [2.24, 2.45) is 10.7 Å². The van der Waals surface area contributed by atoms with Crippen molar-refractivity contribution in [3.05, 3.63) is 11.5 Å². The van der Waals surface area contributed by atoms with E-state index in [0.29, 0.717) is 0 Å². The van der Waals surface area contributed by atoms with Crippen molar-refractivity contribution in [2.75, 3.05) is 6.61 Å². The molecule has 3 rings (SSSR count). The Hall–Kier alpha value is -2.09. The number of aliphatic imine (C=N–C) groups is 1. The molecule has 0 aromatic carbocycles. The number of hydrogen-bond acceptors (Lipinski definition) is 10. The van der Waals surface area contributed by atoms with Crippen molar-refractivity contribution in [3.8, 4) is 0 Å². The van der Waals surface area contributed by atoms with E-state index in [1.165, 1.54) is 25.7 Å². The summed E-state index contributed by atoms with van der Waals surface area (Å²) in [6, 6.07) is 0. The lowest BCUT2D eigenvalue weighted by molar-refractivity contribution is -0.153. The highest BCUT2D eigenvalue weighted by molar-refractivity contribution is 6.69. The third-order valence-corrected chi connectivity index (χ3v) is 5.25. The molecule has 1 saturated heterocycles. The number of nitrogens with two attached hydrogens (primary N) is 1. The van der Waals surface area contributed by atoms with Crippen LogP contribution < -0.4 is 5.73 Å². The van der Waals surface area contributed by atoms with Crippen LogP contribution in [0.4, 0.5) is 0 Å². The summed E-state index contributed by atoms with van der Waals surface area (Å²) in [5.41, 5.74) is 5.89. The maximum atomic E-state index is 12.5. The second kappa shape index (κ2) is 7.63. The van der Waals surface area contributed by atoms with Crippen LogP contribution in [0.25, 0.3) is 0 Å². The lowest BCUT2D eigenvalue weighted by Gasteiger charge is -2.39. The van der Waals surface area contributed by atoms with Gasteiger partial charge in [-0.2, -0.15) is 0 Å². The summed E-state index contributed by atoms with van der Waals surface area (Å²) in [5.74, 6) is -1.74. The molecule has 6 atom stereocenters. The number of aliphatic hydroxyl groups excluding tert-OH is 3. The third-order valence-electron chi connectivity index (χ3n) is 4.97. The minimum Gasteiger partial charge on any atom is -0.394 e. The van der Waals surface area contributed by atoms with Crippen LogP contribution in [0.1, 0.15) is 20.8 Å². The lowest BCUT2D eigenvalue weighted by Crippen LogP contribution is -2.57. The van der Waals surface area contributed by atoms with Crippen LogP contribution in [-0.2, 0) is 19.1 Å². The molecule has 0 radical (unpaired) electrons. The molecule has 2 unspecified atom stereocenters. The number of rotatable bonds is 3. The third kappa shape index (κ3) is 3.21. The van der Waals surface area contributed by atoms with E-state index in [0.717, 1.165) is 9.80 Å². The number of carbonyl (C=O) groups excluding carboxylic acids is 3. The molecule has 1 fully saturated rings. The first-order valence-electron chi connectivity index (χ1n) is 8.77. The van der Waals surface area contributed by atoms with E-state index < -0.39 is 61.2 Å². The Labute approximate surface area is 170 Å². The maximum Gasteiger partial charge on any atom is 0.227 e. The van der Waals surface area contributed by atoms with Crippen molar-refractivity contribution in [2.45, 2.75) is 57.8 Å². The van der Waals surface area contributed by atoms with Crippen LogP contribution in [0.15, 0.2) is 16.5 Å². The van der Waals surface area contributed by atoms with Gasteiger partial charge in [-0.05, 0) is 6.92 Å². The Morgan fingerprint density at radius 2 is 1.72 bits per heavy atom. The van der Waals surface area contributed by atoms with Crippen molar-refractivity contribution in [1.29, 1.82) is 0 Å². The molecule has 0 saturated carbocycles. The quantitative estimate of drug-likeness (QED) is 0.374. The Morgan fingerprint density at radius 1 is 1.14 bits per heavy atom. The van der Waals surface area contributed by atoms with Crippen LogP contribution in [0.5, 0.6) is 0 Å². The molecule has 3 aliphatic heterocycles. The molecule has 3 aliphatic rings. The average molecular weight is 432 g/mol. The first kappa shape index (κ1) is 21.6. The highest BCUT2D eigenvalue weighted by Crippen LogP contribution is 2.41. The molecule has 160 valence electrons.